The quantitative estimate of drug-likeness (QED) is 0.743. The number of hydrogen-bond acceptors (Lipinski definition) is 4. The minimum Gasteiger partial charge on any atom is -0.235 e. The van der Waals surface area contributed by atoms with Crippen LogP contribution in [0.2, 0.25) is 0 Å². The maximum absolute atomic E-state index is 4.40. The second kappa shape index (κ2) is 4.10. The van der Waals surface area contributed by atoms with Gasteiger partial charge in [0.1, 0.15) is 11.4 Å². The molecule has 1 aliphatic rings. The summed E-state index contributed by atoms with van der Waals surface area (Å²) in [5, 5.41) is 7.44. The highest BCUT2D eigenvalue weighted by Gasteiger charge is 2.18. The molecule has 0 N–H and O–H groups in total. The van der Waals surface area contributed by atoms with Gasteiger partial charge in [-0.2, -0.15) is 0 Å². The van der Waals surface area contributed by atoms with Gasteiger partial charge in [0.05, 0.1) is 5.52 Å². The average molecular weight is 236 g/mol. The number of fused-ring (bicyclic) bond motifs is 1. The van der Waals surface area contributed by atoms with E-state index >= 15 is 0 Å². The minimum atomic E-state index is 0.781. The maximum Gasteiger partial charge on any atom is 0.117 e. The summed E-state index contributed by atoms with van der Waals surface area (Å²) in [7, 11) is 0. The van der Waals surface area contributed by atoms with E-state index in [9.17, 15) is 0 Å². The molecular formula is C11H12N2S2. The second-order valence-electron chi connectivity index (χ2n) is 3.87. The summed E-state index contributed by atoms with van der Waals surface area (Å²) in [5.74, 6) is 0. The van der Waals surface area contributed by atoms with Crippen LogP contribution < -0.4 is 0 Å². The molecule has 1 aliphatic carbocycles. The van der Waals surface area contributed by atoms with Crippen molar-refractivity contribution >= 4 is 34.0 Å². The van der Waals surface area contributed by atoms with Crippen molar-refractivity contribution in [2.24, 2.45) is 0 Å². The van der Waals surface area contributed by atoms with Gasteiger partial charge in [-0.05, 0) is 12.8 Å². The Balaban J connectivity index is 1.92. The third kappa shape index (κ3) is 1.88. The number of thioether (sulfide) groups is 1. The molecule has 2 aromatic rings. The molecule has 2 heterocycles. The third-order valence-corrected chi connectivity index (χ3v) is 4.91. The van der Waals surface area contributed by atoms with Crippen LogP contribution in [-0.2, 0) is 0 Å². The fourth-order valence-electron chi connectivity index (χ4n) is 2.02. The lowest BCUT2D eigenvalue weighted by Gasteiger charge is -2.07. The summed E-state index contributed by atoms with van der Waals surface area (Å²) in [5.41, 5.74) is 1.09. The van der Waals surface area contributed by atoms with Gasteiger partial charge in [0.15, 0.2) is 0 Å². The highest BCUT2D eigenvalue weighted by atomic mass is 32.2. The molecule has 0 atom stereocenters. The fraction of sp³-hybridized carbons (Fsp3) is 0.455. The Bertz CT molecular complexity index is 460. The zero-order valence-electron chi connectivity index (χ0n) is 8.35. The van der Waals surface area contributed by atoms with E-state index < -0.39 is 0 Å². The maximum atomic E-state index is 4.40. The van der Waals surface area contributed by atoms with Crippen LogP contribution in [-0.4, -0.2) is 15.2 Å². The van der Waals surface area contributed by atoms with Gasteiger partial charge < -0.3 is 0 Å². The molecule has 2 nitrogen and oxygen atoms in total. The lowest BCUT2D eigenvalue weighted by molar-refractivity contribution is 0.886. The molecule has 1 fully saturated rings. The zero-order valence-corrected chi connectivity index (χ0v) is 9.98. The Morgan fingerprint density at radius 2 is 2.07 bits per heavy atom. The number of nitrogens with zero attached hydrogens (tertiary/aromatic N) is 2. The molecule has 0 radical (unpaired) electrons. The number of hydrogen-bond donors (Lipinski definition) is 0. The average Bonchev–Trinajstić information content (AvgIpc) is 2.87. The summed E-state index contributed by atoms with van der Waals surface area (Å²) < 4.78 is 0. The van der Waals surface area contributed by atoms with E-state index in [1.807, 2.05) is 11.8 Å². The van der Waals surface area contributed by atoms with E-state index in [0.29, 0.717) is 0 Å². The second-order valence-corrected chi connectivity index (χ2v) is 5.91. The van der Waals surface area contributed by atoms with Crippen molar-refractivity contribution in [2.45, 2.75) is 36.0 Å². The monoisotopic (exact) mass is 236 g/mol. The van der Waals surface area contributed by atoms with Crippen LogP contribution in [0.4, 0.5) is 0 Å². The first-order chi connectivity index (χ1) is 7.43. The van der Waals surface area contributed by atoms with Gasteiger partial charge in [-0.15, -0.1) is 23.1 Å². The Morgan fingerprint density at radius 1 is 1.20 bits per heavy atom. The fourth-order valence-corrected chi connectivity index (χ4v) is 4.13. The Labute approximate surface area is 97.1 Å². The van der Waals surface area contributed by atoms with Crippen LogP contribution in [0.5, 0.6) is 0 Å². The van der Waals surface area contributed by atoms with E-state index in [0.717, 1.165) is 10.8 Å². The number of rotatable bonds is 2. The van der Waals surface area contributed by atoms with Gasteiger partial charge in [-0.25, -0.2) is 9.97 Å². The van der Waals surface area contributed by atoms with Crippen molar-refractivity contribution in [1.29, 1.82) is 0 Å². The summed E-state index contributed by atoms with van der Waals surface area (Å²) in [6.07, 6.45) is 7.15. The molecule has 0 saturated heterocycles. The minimum absolute atomic E-state index is 0.781. The van der Waals surface area contributed by atoms with Gasteiger partial charge in [-0.1, -0.05) is 12.8 Å². The van der Waals surface area contributed by atoms with Crippen molar-refractivity contribution in [3.8, 4) is 0 Å². The lowest BCUT2D eigenvalue weighted by Crippen LogP contribution is -1.95. The Morgan fingerprint density at radius 3 is 2.93 bits per heavy atom. The van der Waals surface area contributed by atoms with Crippen LogP contribution in [0.1, 0.15) is 25.7 Å². The summed E-state index contributed by atoms with van der Waals surface area (Å²) in [6, 6.07) is 0. The first-order valence-corrected chi connectivity index (χ1v) is 7.09. The number of thiophene rings is 1. The Kier molecular flexibility index (Phi) is 2.63. The molecule has 15 heavy (non-hydrogen) atoms. The van der Waals surface area contributed by atoms with E-state index in [1.165, 1.54) is 36.1 Å². The summed E-state index contributed by atoms with van der Waals surface area (Å²) >= 11 is 3.65. The van der Waals surface area contributed by atoms with Gasteiger partial charge in [0, 0.05) is 21.4 Å². The van der Waals surface area contributed by atoms with Gasteiger partial charge in [-0.3, -0.25) is 0 Å². The molecule has 0 unspecified atom stereocenters. The summed E-state index contributed by atoms with van der Waals surface area (Å²) in [6.45, 7) is 0. The molecule has 0 amide bonds. The largest absolute Gasteiger partial charge is 0.235 e. The molecule has 0 spiro atoms. The van der Waals surface area contributed by atoms with Crippen LogP contribution in [0, 0.1) is 0 Å². The molecule has 0 bridgehead atoms. The normalized spacial score (nSPS) is 17.6. The van der Waals surface area contributed by atoms with Gasteiger partial charge >= 0.3 is 0 Å². The van der Waals surface area contributed by atoms with Crippen molar-refractivity contribution in [3.63, 3.8) is 0 Å². The van der Waals surface area contributed by atoms with E-state index in [4.69, 9.17) is 0 Å². The summed E-state index contributed by atoms with van der Waals surface area (Å²) in [4.78, 5) is 8.66. The molecular weight excluding hydrogens is 224 g/mol. The topological polar surface area (TPSA) is 25.8 Å². The van der Waals surface area contributed by atoms with Crippen LogP contribution in [0.25, 0.3) is 10.9 Å². The first-order valence-electron chi connectivity index (χ1n) is 5.27. The van der Waals surface area contributed by atoms with Crippen molar-refractivity contribution in [1.82, 2.24) is 9.97 Å². The standard InChI is InChI=1S/C11H12N2S2/c1-2-4-8(3-1)15-11-9-5-14-6-10(9)12-7-13-11/h5-8H,1-4H2. The lowest BCUT2D eigenvalue weighted by atomic mass is 10.4. The highest BCUT2D eigenvalue weighted by Crippen LogP contribution is 2.36. The SMILES string of the molecule is c1nc(SC2CCCC2)c2cscc2n1. The highest BCUT2D eigenvalue weighted by molar-refractivity contribution is 8.00. The van der Waals surface area contributed by atoms with Gasteiger partial charge in [0.25, 0.3) is 0 Å². The molecule has 0 aliphatic heterocycles. The van der Waals surface area contributed by atoms with Crippen molar-refractivity contribution in [3.05, 3.63) is 17.1 Å². The van der Waals surface area contributed by atoms with E-state index in [1.54, 1.807) is 17.7 Å². The van der Waals surface area contributed by atoms with Crippen LogP contribution in [0.3, 0.4) is 0 Å². The van der Waals surface area contributed by atoms with E-state index in [2.05, 4.69) is 20.7 Å². The Hall–Kier alpha value is -0.610. The molecule has 1 saturated carbocycles. The predicted molar refractivity (Wildman–Crippen MR) is 65.5 cm³/mol. The molecule has 3 rings (SSSR count). The van der Waals surface area contributed by atoms with Crippen LogP contribution >= 0.6 is 23.1 Å². The van der Waals surface area contributed by atoms with Crippen molar-refractivity contribution < 1.29 is 0 Å². The molecule has 4 heteroatoms. The van der Waals surface area contributed by atoms with Crippen LogP contribution in [0.15, 0.2) is 22.1 Å². The van der Waals surface area contributed by atoms with Crippen molar-refractivity contribution in [2.75, 3.05) is 0 Å². The molecule has 2 aromatic heterocycles. The van der Waals surface area contributed by atoms with Gasteiger partial charge in [0.2, 0.25) is 0 Å². The number of aromatic nitrogens is 2. The zero-order chi connectivity index (χ0) is 10.1. The smallest absolute Gasteiger partial charge is 0.117 e. The third-order valence-electron chi connectivity index (χ3n) is 2.82. The van der Waals surface area contributed by atoms with E-state index in [-0.39, 0.29) is 0 Å². The predicted octanol–water partition coefficient (Wildman–Crippen LogP) is 3.73. The molecule has 0 aromatic carbocycles. The molecule has 78 valence electrons. The first kappa shape index (κ1) is 9.60.